The number of hydrazone groups is 1. The molecule has 2 fully saturated rings. The fourth-order valence-electron chi connectivity index (χ4n) is 3.61. The van der Waals surface area contributed by atoms with Gasteiger partial charge in [0.15, 0.2) is 0 Å². The van der Waals surface area contributed by atoms with Crippen LogP contribution in [0.3, 0.4) is 0 Å². The molecule has 0 heterocycles. The normalized spacial score (nSPS) is 26.0. The first-order valence-electron chi connectivity index (χ1n) is 8.11. The van der Waals surface area contributed by atoms with Crippen LogP contribution in [0.4, 0.5) is 0 Å². The van der Waals surface area contributed by atoms with Gasteiger partial charge < -0.3 is 0 Å². The third-order valence-corrected chi connectivity index (χ3v) is 5.92. The molecule has 1 N–H and O–H groups in total. The van der Waals surface area contributed by atoms with Crippen molar-refractivity contribution >= 4 is 15.7 Å². The van der Waals surface area contributed by atoms with Crippen LogP contribution < -0.4 is 4.83 Å². The van der Waals surface area contributed by atoms with Crippen LogP contribution in [0, 0.1) is 17.8 Å². The molecule has 2 atom stereocenters. The molecule has 1 aromatic rings. The summed E-state index contributed by atoms with van der Waals surface area (Å²) in [7, 11) is -3.55. The third kappa shape index (κ3) is 3.35. The van der Waals surface area contributed by atoms with E-state index in [0.29, 0.717) is 11.8 Å². The Hall–Kier alpha value is -1.36. The summed E-state index contributed by atoms with van der Waals surface area (Å²) >= 11 is 0. The van der Waals surface area contributed by atoms with Crippen LogP contribution in [0.25, 0.3) is 0 Å². The molecule has 4 nitrogen and oxygen atoms in total. The van der Waals surface area contributed by atoms with E-state index in [-0.39, 0.29) is 4.90 Å². The zero-order valence-corrected chi connectivity index (χ0v) is 14.1. The zero-order valence-electron chi connectivity index (χ0n) is 13.2. The average molecular weight is 320 g/mol. The van der Waals surface area contributed by atoms with Crippen LogP contribution in [0.1, 0.15) is 45.1 Å². The maximum Gasteiger partial charge on any atom is 0.276 e. The van der Waals surface area contributed by atoms with Crippen LogP contribution in [0.5, 0.6) is 0 Å². The van der Waals surface area contributed by atoms with Crippen molar-refractivity contribution in [3.05, 3.63) is 29.8 Å². The molecule has 120 valence electrons. The van der Waals surface area contributed by atoms with E-state index in [1.54, 1.807) is 12.1 Å². The highest BCUT2D eigenvalue weighted by atomic mass is 32.2. The van der Waals surface area contributed by atoms with Gasteiger partial charge in [-0.3, -0.25) is 0 Å². The largest absolute Gasteiger partial charge is 0.276 e. The van der Waals surface area contributed by atoms with Gasteiger partial charge in [-0.15, -0.1) is 0 Å². The minimum atomic E-state index is -3.55. The molecule has 1 aromatic carbocycles. The van der Waals surface area contributed by atoms with E-state index in [1.165, 1.54) is 12.8 Å². The Balaban J connectivity index is 1.69. The Morgan fingerprint density at radius 3 is 2.50 bits per heavy atom. The van der Waals surface area contributed by atoms with Crippen molar-refractivity contribution < 1.29 is 8.42 Å². The zero-order chi connectivity index (χ0) is 15.7. The summed E-state index contributed by atoms with van der Waals surface area (Å²) < 4.78 is 24.6. The number of nitrogens with one attached hydrogen (secondary N) is 1. The third-order valence-electron chi connectivity index (χ3n) is 4.70. The molecule has 2 saturated carbocycles. The number of hydrogen-bond acceptors (Lipinski definition) is 3. The van der Waals surface area contributed by atoms with Gasteiger partial charge in [0.05, 0.1) is 4.90 Å². The summed E-state index contributed by atoms with van der Waals surface area (Å²) in [6, 6.07) is 7.11. The summed E-state index contributed by atoms with van der Waals surface area (Å²) in [4.78, 5) is 2.71. The predicted molar refractivity (Wildman–Crippen MR) is 88.2 cm³/mol. The number of benzene rings is 1. The van der Waals surface area contributed by atoms with Crippen LogP contribution in [0.2, 0.25) is 0 Å². The van der Waals surface area contributed by atoms with Crippen molar-refractivity contribution in [2.75, 3.05) is 0 Å². The molecule has 22 heavy (non-hydrogen) atoms. The highest BCUT2D eigenvalue weighted by Gasteiger charge is 2.36. The number of hydrogen-bond donors (Lipinski definition) is 1. The Morgan fingerprint density at radius 2 is 1.95 bits per heavy atom. The lowest BCUT2D eigenvalue weighted by molar-refractivity contribution is 0.579. The Morgan fingerprint density at radius 1 is 1.23 bits per heavy atom. The molecule has 2 bridgehead atoms. The van der Waals surface area contributed by atoms with Gasteiger partial charge >= 0.3 is 0 Å². The molecule has 0 radical (unpaired) electrons. The number of rotatable bonds is 5. The number of nitrogens with zero attached hydrogens (tertiary/aromatic N) is 1. The van der Waals surface area contributed by atoms with Crippen molar-refractivity contribution in [1.29, 1.82) is 0 Å². The van der Waals surface area contributed by atoms with Crippen molar-refractivity contribution in [3.63, 3.8) is 0 Å². The van der Waals surface area contributed by atoms with Gasteiger partial charge in [0.1, 0.15) is 0 Å². The summed E-state index contributed by atoms with van der Waals surface area (Å²) in [6.45, 7) is 4.30. The van der Waals surface area contributed by atoms with Gasteiger partial charge in [0, 0.05) is 5.71 Å². The van der Waals surface area contributed by atoms with E-state index in [4.69, 9.17) is 0 Å². The SMILES string of the molecule is CC(C)Cc1ccc(S(=O)(=O)N/N=C2\CC3CCC2C3)cc1. The number of fused-ring (bicyclic) bond motifs is 2. The van der Waals surface area contributed by atoms with Crippen molar-refractivity contribution in [2.45, 2.75) is 50.8 Å². The smallest absolute Gasteiger partial charge is 0.200 e. The average Bonchev–Trinajstić information content (AvgIpc) is 3.08. The molecule has 0 saturated heterocycles. The minimum absolute atomic E-state index is 0.285. The fourth-order valence-corrected chi connectivity index (χ4v) is 4.45. The fraction of sp³-hybridized carbons (Fsp3) is 0.588. The molecule has 2 aliphatic carbocycles. The van der Waals surface area contributed by atoms with E-state index in [9.17, 15) is 8.42 Å². The standard InChI is InChI=1S/C17H24N2O2S/c1-12(2)9-13-4-7-16(8-5-13)22(20,21)19-18-17-11-14-3-6-15(17)10-14/h4-5,7-8,12,14-15,19H,3,6,9-11H2,1-2H3/b18-17+. The van der Waals surface area contributed by atoms with Gasteiger partial charge in [0.2, 0.25) is 0 Å². The van der Waals surface area contributed by atoms with Gasteiger partial charge in [-0.05, 0) is 67.6 Å². The lowest BCUT2D eigenvalue weighted by Gasteiger charge is -2.12. The van der Waals surface area contributed by atoms with Crippen molar-refractivity contribution in [3.8, 4) is 0 Å². The van der Waals surface area contributed by atoms with Crippen LogP contribution in [-0.2, 0) is 16.4 Å². The molecule has 0 amide bonds. The van der Waals surface area contributed by atoms with E-state index < -0.39 is 10.0 Å². The molecule has 2 unspecified atom stereocenters. The molecule has 0 aromatic heterocycles. The molecular formula is C17H24N2O2S. The first-order chi connectivity index (χ1) is 10.4. The lowest BCUT2D eigenvalue weighted by Crippen LogP contribution is -2.22. The summed E-state index contributed by atoms with van der Waals surface area (Å²) in [6.07, 6.45) is 5.53. The summed E-state index contributed by atoms with van der Waals surface area (Å²) in [5.74, 6) is 1.79. The second-order valence-electron chi connectivity index (χ2n) is 7.02. The topological polar surface area (TPSA) is 58.5 Å². The molecular weight excluding hydrogens is 296 g/mol. The van der Waals surface area contributed by atoms with Gasteiger partial charge in [-0.1, -0.05) is 26.0 Å². The molecule has 0 spiro atoms. The van der Waals surface area contributed by atoms with Crippen LogP contribution in [0.15, 0.2) is 34.3 Å². The first kappa shape index (κ1) is 15.5. The quantitative estimate of drug-likeness (QED) is 0.846. The Bertz CT molecular complexity index is 662. The molecule has 3 rings (SSSR count). The highest BCUT2D eigenvalue weighted by molar-refractivity contribution is 7.89. The van der Waals surface area contributed by atoms with Crippen LogP contribution >= 0.6 is 0 Å². The highest BCUT2D eigenvalue weighted by Crippen LogP contribution is 2.42. The first-order valence-corrected chi connectivity index (χ1v) is 9.59. The van der Waals surface area contributed by atoms with Gasteiger partial charge in [-0.25, -0.2) is 4.83 Å². The second-order valence-corrected chi connectivity index (χ2v) is 8.68. The lowest BCUT2D eigenvalue weighted by atomic mass is 9.99. The van der Waals surface area contributed by atoms with Gasteiger partial charge in [0.25, 0.3) is 10.0 Å². The Kier molecular flexibility index (Phi) is 4.26. The van der Waals surface area contributed by atoms with E-state index in [2.05, 4.69) is 23.8 Å². The maximum absolute atomic E-state index is 12.3. The predicted octanol–water partition coefficient (Wildman–Crippen LogP) is 3.34. The van der Waals surface area contributed by atoms with E-state index in [0.717, 1.165) is 36.5 Å². The molecule has 5 heteroatoms. The molecule has 0 aliphatic heterocycles. The van der Waals surface area contributed by atoms with Crippen molar-refractivity contribution in [1.82, 2.24) is 4.83 Å². The van der Waals surface area contributed by atoms with Gasteiger partial charge in [-0.2, -0.15) is 13.5 Å². The minimum Gasteiger partial charge on any atom is -0.200 e. The van der Waals surface area contributed by atoms with E-state index >= 15 is 0 Å². The van der Waals surface area contributed by atoms with E-state index in [1.807, 2.05) is 12.1 Å². The van der Waals surface area contributed by atoms with Crippen LogP contribution in [-0.4, -0.2) is 14.1 Å². The maximum atomic E-state index is 12.3. The Labute approximate surface area is 133 Å². The summed E-state index contributed by atoms with van der Waals surface area (Å²) in [5, 5.41) is 4.20. The summed E-state index contributed by atoms with van der Waals surface area (Å²) in [5.41, 5.74) is 2.20. The van der Waals surface area contributed by atoms with Crippen molar-refractivity contribution in [2.24, 2.45) is 22.9 Å². The molecule has 2 aliphatic rings. The number of sulfonamides is 1. The second kappa shape index (κ2) is 6.03. The monoisotopic (exact) mass is 320 g/mol.